The Balaban J connectivity index is 1.96. The number of halogens is 1. The molecule has 5 nitrogen and oxygen atoms in total. The molecular weight excluding hydrogens is 374 g/mol. The van der Waals surface area contributed by atoms with Crippen LogP contribution < -0.4 is 10.6 Å². The molecule has 1 unspecified atom stereocenters. The van der Waals surface area contributed by atoms with Crippen molar-refractivity contribution in [1.82, 2.24) is 10.3 Å². The predicted octanol–water partition coefficient (Wildman–Crippen LogP) is 4.98. The van der Waals surface area contributed by atoms with Gasteiger partial charge in [-0.2, -0.15) is 0 Å². The van der Waals surface area contributed by atoms with Gasteiger partial charge in [0.2, 0.25) is 0 Å². The number of anilines is 1. The van der Waals surface area contributed by atoms with Gasteiger partial charge in [-0.3, -0.25) is 9.59 Å². The first-order valence-corrected chi connectivity index (χ1v) is 9.54. The molecule has 144 valence electrons. The lowest BCUT2D eigenvalue weighted by atomic mass is 10.0. The molecular formula is C22H22ClN3O2. The van der Waals surface area contributed by atoms with E-state index in [1.165, 1.54) is 6.20 Å². The van der Waals surface area contributed by atoms with Crippen molar-refractivity contribution < 1.29 is 9.59 Å². The number of hydrogen-bond donors (Lipinski definition) is 2. The largest absolute Gasteiger partial charge is 0.348 e. The summed E-state index contributed by atoms with van der Waals surface area (Å²) >= 11 is 6.14. The van der Waals surface area contributed by atoms with Crippen LogP contribution in [0.1, 0.15) is 46.7 Å². The molecule has 6 heteroatoms. The highest BCUT2D eigenvalue weighted by Crippen LogP contribution is 2.24. The molecule has 3 rings (SSSR count). The molecule has 1 aromatic heterocycles. The van der Waals surface area contributed by atoms with Crippen molar-refractivity contribution in [3.8, 4) is 0 Å². The van der Waals surface area contributed by atoms with Crippen LogP contribution in [0.4, 0.5) is 5.69 Å². The first kappa shape index (κ1) is 19.8. The standard InChI is InChI=1S/C22H22ClN3O2/c1-4-14(3)25-22(28)20-17-8-6-5-7-16(17)18(12-24-20)21(27)26-15-10-9-13(2)19(23)11-15/h5-12,14H,4H2,1-3H3,(H,25,28)(H,26,27). The van der Waals surface area contributed by atoms with Gasteiger partial charge in [-0.1, -0.05) is 48.9 Å². The first-order valence-electron chi connectivity index (χ1n) is 9.16. The van der Waals surface area contributed by atoms with Crippen LogP contribution in [0.25, 0.3) is 10.8 Å². The van der Waals surface area contributed by atoms with Crippen LogP contribution in [-0.2, 0) is 0 Å². The summed E-state index contributed by atoms with van der Waals surface area (Å²) in [4.78, 5) is 29.7. The Hall–Kier alpha value is -2.92. The number of aryl methyl sites for hydroxylation is 1. The third-order valence-corrected chi connectivity index (χ3v) is 5.08. The molecule has 0 saturated heterocycles. The predicted molar refractivity (Wildman–Crippen MR) is 113 cm³/mol. The zero-order chi connectivity index (χ0) is 20.3. The Morgan fingerprint density at radius 2 is 1.82 bits per heavy atom. The van der Waals surface area contributed by atoms with Gasteiger partial charge in [-0.15, -0.1) is 0 Å². The SMILES string of the molecule is CCC(C)NC(=O)c1ncc(C(=O)Nc2ccc(C)c(Cl)c2)c2ccccc12. The number of aromatic nitrogens is 1. The van der Waals surface area contributed by atoms with Gasteiger partial charge in [-0.05, 0) is 43.4 Å². The molecule has 0 fully saturated rings. The number of hydrogen-bond acceptors (Lipinski definition) is 3. The van der Waals surface area contributed by atoms with Gasteiger partial charge in [0.15, 0.2) is 0 Å². The molecule has 0 aliphatic rings. The fourth-order valence-electron chi connectivity index (χ4n) is 2.82. The molecule has 2 N–H and O–H groups in total. The summed E-state index contributed by atoms with van der Waals surface area (Å²) in [6.07, 6.45) is 2.27. The number of fused-ring (bicyclic) bond motifs is 1. The van der Waals surface area contributed by atoms with Crippen molar-refractivity contribution in [2.45, 2.75) is 33.2 Å². The second-order valence-electron chi connectivity index (χ2n) is 6.77. The van der Waals surface area contributed by atoms with Crippen molar-refractivity contribution in [3.05, 3.63) is 70.5 Å². The highest BCUT2D eigenvalue weighted by Gasteiger charge is 2.18. The minimum absolute atomic E-state index is 0.0438. The molecule has 3 aromatic rings. The summed E-state index contributed by atoms with van der Waals surface area (Å²) in [6, 6.07) is 12.7. The molecule has 2 amide bonds. The third kappa shape index (κ3) is 4.15. The molecule has 2 aromatic carbocycles. The lowest BCUT2D eigenvalue weighted by Crippen LogP contribution is -2.32. The minimum Gasteiger partial charge on any atom is -0.348 e. The van der Waals surface area contributed by atoms with Crippen molar-refractivity contribution in [2.75, 3.05) is 5.32 Å². The van der Waals surface area contributed by atoms with E-state index in [0.717, 1.165) is 12.0 Å². The number of rotatable bonds is 5. The smallest absolute Gasteiger partial charge is 0.270 e. The fraction of sp³-hybridized carbons (Fsp3) is 0.227. The minimum atomic E-state index is -0.308. The van der Waals surface area contributed by atoms with Crippen molar-refractivity contribution >= 4 is 39.9 Å². The lowest BCUT2D eigenvalue weighted by Gasteiger charge is -2.14. The Bertz CT molecular complexity index is 1050. The summed E-state index contributed by atoms with van der Waals surface area (Å²) in [5.41, 5.74) is 2.24. The van der Waals surface area contributed by atoms with Gasteiger partial charge >= 0.3 is 0 Å². The van der Waals surface area contributed by atoms with E-state index in [2.05, 4.69) is 15.6 Å². The monoisotopic (exact) mass is 395 g/mol. The molecule has 0 aliphatic carbocycles. The highest BCUT2D eigenvalue weighted by molar-refractivity contribution is 6.31. The van der Waals surface area contributed by atoms with E-state index in [1.54, 1.807) is 18.2 Å². The molecule has 0 radical (unpaired) electrons. The van der Waals surface area contributed by atoms with E-state index in [0.29, 0.717) is 32.7 Å². The van der Waals surface area contributed by atoms with E-state index in [1.807, 2.05) is 45.0 Å². The summed E-state index contributed by atoms with van der Waals surface area (Å²) in [5.74, 6) is -0.555. The molecule has 1 heterocycles. The van der Waals surface area contributed by atoms with E-state index in [9.17, 15) is 9.59 Å². The first-order chi connectivity index (χ1) is 13.4. The van der Waals surface area contributed by atoms with Crippen LogP contribution in [0.5, 0.6) is 0 Å². The van der Waals surface area contributed by atoms with E-state index in [-0.39, 0.29) is 17.9 Å². The molecule has 0 aliphatic heterocycles. The summed E-state index contributed by atoms with van der Waals surface area (Å²) in [6.45, 7) is 5.84. The van der Waals surface area contributed by atoms with E-state index in [4.69, 9.17) is 11.6 Å². The Morgan fingerprint density at radius 3 is 2.50 bits per heavy atom. The van der Waals surface area contributed by atoms with Gasteiger partial charge in [0.25, 0.3) is 11.8 Å². The lowest BCUT2D eigenvalue weighted by molar-refractivity contribution is 0.0934. The summed E-state index contributed by atoms with van der Waals surface area (Å²) in [7, 11) is 0. The molecule has 1 atom stereocenters. The van der Waals surface area contributed by atoms with Crippen LogP contribution >= 0.6 is 11.6 Å². The topological polar surface area (TPSA) is 71.1 Å². The molecule has 0 saturated carbocycles. The summed E-state index contributed by atoms with van der Waals surface area (Å²) < 4.78 is 0. The van der Waals surface area contributed by atoms with E-state index >= 15 is 0 Å². The van der Waals surface area contributed by atoms with Crippen LogP contribution in [-0.4, -0.2) is 22.8 Å². The van der Waals surface area contributed by atoms with Crippen LogP contribution in [0.15, 0.2) is 48.7 Å². The number of nitrogens with one attached hydrogen (secondary N) is 2. The van der Waals surface area contributed by atoms with Gasteiger partial charge in [0.05, 0.1) is 5.56 Å². The zero-order valence-corrected chi connectivity index (χ0v) is 16.8. The van der Waals surface area contributed by atoms with Crippen LogP contribution in [0.2, 0.25) is 5.02 Å². The van der Waals surface area contributed by atoms with Crippen molar-refractivity contribution in [1.29, 1.82) is 0 Å². The second-order valence-corrected chi connectivity index (χ2v) is 7.17. The average Bonchev–Trinajstić information content (AvgIpc) is 2.69. The number of carbonyl (C=O) groups is 2. The molecule has 28 heavy (non-hydrogen) atoms. The maximum atomic E-state index is 12.8. The Labute approximate surface area is 169 Å². The fourth-order valence-corrected chi connectivity index (χ4v) is 3.00. The maximum absolute atomic E-state index is 12.8. The van der Waals surface area contributed by atoms with Gasteiger partial charge in [0.1, 0.15) is 5.69 Å². The van der Waals surface area contributed by atoms with E-state index < -0.39 is 0 Å². The van der Waals surface area contributed by atoms with Gasteiger partial charge < -0.3 is 10.6 Å². The van der Waals surface area contributed by atoms with Crippen molar-refractivity contribution in [2.24, 2.45) is 0 Å². The van der Waals surface area contributed by atoms with Crippen LogP contribution in [0.3, 0.4) is 0 Å². The second kappa shape index (κ2) is 8.40. The average molecular weight is 396 g/mol. The third-order valence-electron chi connectivity index (χ3n) is 4.67. The zero-order valence-electron chi connectivity index (χ0n) is 16.0. The molecule has 0 bridgehead atoms. The summed E-state index contributed by atoms with van der Waals surface area (Å²) in [5, 5.41) is 7.65. The number of pyridine rings is 1. The highest BCUT2D eigenvalue weighted by atomic mass is 35.5. The van der Waals surface area contributed by atoms with Crippen molar-refractivity contribution in [3.63, 3.8) is 0 Å². The number of amides is 2. The van der Waals surface area contributed by atoms with Gasteiger partial charge in [-0.25, -0.2) is 4.98 Å². The quantitative estimate of drug-likeness (QED) is 0.640. The van der Waals surface area contributed by atoms with Crippen LogP contribution in [0, 0.1) is 6.92 Å². The number of carbonyl (C=O) groups excluding carboxylic acids is 2. The Kier molecular flexibility index (Phi) is 5.95. The number of nitrogens with zero attached hydrogens (tertiary/aromatic N) is 1. The maximum Gasteiger partial charge on any atom is 0.270 e. The number of benzene rings is 2. The molecule has 0 spiro atoms. The normalized spacial score (nSPS) is 11.9. The Morgan fingerprint density at radius 1 is 1.11 bits per heavy atom. The van der Waals surface area contributed by atoms with Gasteiger partial charge in [0, 0.05) is 28.3 Å².